The monoisotopic (exact) mass is 480 g/mol. The molecule has 0 fully saturated rings. The van der Waals surface area contributed by atoms with Crippen LogP contribution >= 0.6 is 23.2 Å². The molecule has 0 aliphatic heterocycles. The molecule has 2 N–H and O–H groups in total. The summed E-state index contributed by atoms with van der Waals surface area (Å²) in [6.45, 7) is 1.98. The standard InChI is InChI=1S/C26H22Cl2N2O3/c1-2-6-21(20-14-13-19(28)15-22(20)31)24(32)30-26-23(16-9-11-18(27)12-10-16)29-25(33-26)17-7-4-3-5-8-17/h3-5,7-15,21,31H,2,6H2,1H3,(H,30,32). The van der Waals surface area contributed by atoms with Crippen molar-refractivity contribution in [1.29, 1.82) is 0 Å². The fourth-order valence-electron chi connectivity index (χ4n) is 3.64. The topological polar surface area (TPSA) is 75.4 Å². The number of carbonyl (C=O) groups excluding carboxylic acids is 1. The summed E-state index contributed by atoms with van der Waals surface area (Å²) in [5, 5.41) is 14.3. The molecule has 5 nitrogen and oxygen atoms in total. The Labute approximate surface area is 202 Å². The molecule has 7 heteroatoms. The number of amides is 1. The van der Waals surface area contributed by atoms with E-state index in [1.807, 2.05) is 49.4 Å². The second-order valence-electron chi connectivity index (χ2n) is 7.60. The van der Waals surface area contributed by atoms with E-state index in [-0.39, 0.29) is 17.5 Å². The number of halogens is 2. The number of nitrogens with zero attached hydrogens (tertiary/aromatic N) is 1. The first kappa shape index (κ1) is 22.9. The van der Waals surface area contributed by atoms with Gasteiger partial charge in [-0.05, 0) is 42.8 Å². The lowest BCUT2D eigenvalue weighted by molar-refractivity contribution is -0.117. The summed E-state index contributed by atoms with van der Waals surface area (Å²) >= 11 is 12.0. The number of aromatic hydroxyl groups is 1. The van der Waals surface area contributed by atoms with Gasteiger partial charge < -0.3 is 9.52 Å². The zero-order valence-corrected chi connectivity index (χ0v) is 19.4. The van der Waals surface area contributed by atoms with Gasteiger partial charge in [0.1, 0.15) is 11.4 Å². The summed E-state index contributed by atoms with van der Waals surface area (Å²) in [4.78, 5) is 18.0. The van der Waals surface area contributed by atoms with Crippen LogP contribution in [-0.4, -0.2) is 16.0 Å². The molecule has 168 valence electrons. The van der Waals surface area contributed by atoms with Crippen LogP contribution in [0.1, 0.15) is 31.2 Å². The normalized spacial score (nSPS) is 11.8. The van der Waals surface area contributed by atoms with Gasteiger partial charge in [0, 0.05) is 26.7 Å². The minimum absolute atomic E-state index is 0.0171. The van der Waals surface area contributed by atoms with Crippen molar-refractivity contribution in [1.82, 2.24) is 4.98 Å². The van der Waals surface area contributed by atoms with Crippen LogP contribution in [0, 0.1) is 0 Å². The van der Waals surface area contributed by atoms with Crippen LogP contribution in [0.25, 0.3) is 22.7 Å². The fourth-order valence-corrected chi connectivity index (χ4v) is 3.93. The average Bonchev–Trinajstić information content (AvgIpc) is 3.23. The van der Waals surface area contributed by atoms with E-state index in [4.69, 9.17) is 27.6 Å². The first-order valence-corrected chi connectivity index (χ1v) is 11.3. The van der Waals surface area contributed by atoms with Gasteiger partial charge in [-0.25, -0.2) is 4.98 Å². The number of rotatable bonds is 7. The predicted octanol–water partition coefficient (Wildman–Crippen LogP) is 7.54. The van der Waals surface area contributed by atoms with Crippen molar-refractivity contribution in [2.24, 2.45) is 0 Å². The maximum Gasteiger partial charge on any atom is 0.234 e. The number of oxazole rings is 1. The van der Waals surface area contributed by atoms with Crippen LogP contribution in [0.4, 0.5) is 5.88 Å². The first-order valence-electron chi connectivity index (χ1n) is 10.6. The average molecular weight is 481 g/mol. The Morgan fingerprint density at radius 3 is 2.36 bits per heavy atom. The molecule has 3 aromatic carbocycles. The summed E-state index contributed by atoms with van der Waals surface area (Å²) in [5.74, 6) is -0.291. The van der Waals surface area contributed by atoms with Gasteiger partial charge in [-0.1, -0.05) is 72.9 Å². The van der Waals surface area contributed by atoms with E-state index in [0.29, 0.717) is 33.6 Å². The van der Waals surface area contributed by atoms with Crippen molar-refractivity contribution in [2.75, 3.05) is 5.32 Å². The smallest absolute Gasteiger partial charge is 0.234 e. The Hall–Kier alpha value is -3.28. The Morgan fingerprint density at radius 1 is 1.00 bits per heavy atom. The third-order valence-electron chi connectivity index (χ3n) is 5.26. The molecule has 1 atom stereocenters. The highest BCUT2D eigenvalue weighted by molar-refractivity contribution is 6.31. The third kappa shape index (κ3) is 5.21. The van der Waals surface area contributed by atoms with Crippen LogP contribution in [0.15, 0.2) is 77.2 Å². The molecule has 4 rings (SSSR count). The van der Waals surface area contributed by atoms with Gasteiger partial charge in [0.05, 0.1) is 5.92 Å². The Bertz CT molecular complexity index is 1250. The van der Waals surface area contributed by atoms with Crippen molar-refractivity contribution < 1.29 is 14.3 Å². The molecule has 1 heterocycles. The molecular formula is C26H22Cl2N2O3. The summed E-state index contributed by atoms with van der Waals surface area (Å²) in [5.41, 5.74) is 2.54. The highest BCUT2D eigenvalue weighted by Crippen LogP contribution is 2.36. The van der Waals surface area contributed by atoms with Crippen LogP contribution in [-0.2, 0) is 4.79 Å². The van der Waals surface area contributed by atoms with Gasteiger partial charge in [0.25, 0.3) is 0 Å². The third-order valence-corrected chi connectivity index (χ3v) is 5.75. The largest absolute Gasteiger partial charge is 0.508 e. The van der Waals surface area contributed by atoms with Crippen LogP contribution < -0.4 is 5.32 Å². The Balaban J connectivity index is 1.72. The number of nitrogens with one attached hydrogen (secondary N) is 1. The zero-order valence-electron chi connectivity index (χ0n) is 17.9. The van der Waals surface area contributed by atoms with Gasteiger partial charge in [-0.2, -0.15) is 0 Å². The van der Waals surface area contributed by atoms with Gasteiger partial charge in [0.2, 0.25) is 17.7 Å². The van der Waals surface area contributed by atoms with Crippen molar-refractivity contribution in [3.8, 4) is 28.5 Å². The Kier molecular flexibility index (Phi) is 7.02. The molecular weight excluding hydrogens is 459 g/mol. The Morgan fingerprint density at radius 2 is 1.70 bits per heavy atom. The van der Waals surface area contributed by atoms with Gasteiger partial charge in [-0.3, -0.25) is 10.1 Å². The van der Waals surface area contributed by atoms with Gasteiger partial charge in [0.15, 0.2) is 0 Å². The van der Waals surface area contributed by atoms with E-state index in [1.165, 1.54) is 6.07 Å². The fraction of sp³-hybridized carbons (Fsp3) is 0.154. The lowest BCUT2D eigenvalue weighted by atomic mass is 9.92. The molecule has 0 saturated heterocycles. The summed E-state index contributed by atoms with van der Waals surface area (Å²) < 4.78 is 6.01. The second kappa shape index (κ2) is 10.1. The molecule has 4 aromatic rings. The summed E-state index contributed by atoms with van der Waals surface area (Å²) in [7, 11) is 0. The van der Waals surface area contributed by atoms with Crippen LogP contribution in [0.5, 0.6) is 5.75 Å². The SMILES string of the molecule is CCCC(C(=O)Nc1oc(-c2ccccc2)nc1-c1ccc(Cl)cc1)c1ccc(Cl)cc1O. The quantitative estimate of drug-likeness (QED) is 0.286. The molecule has 1 unspecified atom stereocenters. The second-order valence-corrected chi connectivity index (χ2v) is 8.48. The minimum atomic E-state index is -0.587. The lowest BCUT2D eigenvalue weighted by Crippen LogP contribution is -2.21. The number of hydrogen-bond acceptors (Lipinski definition) is 4. The number of phenols is 1. The van der Waals surface area contributed by atoms with Crippen LogP contribution in [0.2, 0.25) is 10.0 Å². The van der Waals surface area contributed by atoms with Crippen molar-refractivity contribution in [3.63, 3.8) is 0 Å². The summed E-state index contributed by atoms with van der Waals surface area (Å²) in [6.07, 6.45) is 1.28. The molecule has 0 bridgehead atoms. The van der Waals surface area contributed by atoms with Crippen molar-refractivity contribution in [2.45, 2.75) is 25.7 Å². The highest BCUT2D eigenvalue weighted by atomic mass is 35.5. The van der Waals surface area contributed by atoms with Gasteiger partial charge in [-0.15, -0.1) is 0 Å². The van der Waals surface area contributed by atoms with Gasteiger partial charge >= 0.3 is 0 Å². The van der Waals surface area contributed by atoms with E-state index in [1.54, 1.807) is 24.3 Å². The maximum absolute atomic E-state index is 13.4. The van der Waals surface area contributed by atoms with Crippen molar-refractivity contribution >= 4 is 35.0 Å². The maximum atomic E-state index is 13.4. The lowest BCUT2D eigenvalue weighted by Gasteiger charge is -2.17. The number of phenolic OH excluding ortho intramolecular Hbond substituents is 1. The van der Waals surface area contributed by atoms with E-state index >= 15 is 0 Å². The number of carbonyl (C=O) groups is 1. The molecule has 33 heavy (non-hydrogen) atoms. The summed E-state index contributed by atoms with van der Waals surface area (Å²) in [6, 6.07) is 21.4. The number of anilines is 1. The number of aromatic nitrogens is 1. The van der Waals surface area contributed by atoms with E-state index < -0.39 is 5.92 Å². The molecule has 0 radical (unpaired) electrons. The highest BCUT2D eigenvalue weighted by Gasteiger charge is 2.26. The molecule has 0 saturated carbocycles. The number of benzene rings is 3. The van der Waals surface area contributed by atoms with E-state index in [0.717, 1.165) is 17.5 Å². The molecule has 1 aromatic heterocycles. The van der Waals surface area contributed by atoms with E-state index in [2.05, 4.69) is 10.3 Å². The molecule has 1 amide bonds. The number of hydrogen-bond donors (Lipinski definition) is 2. The minimum Gasteiger partial charge on any atom is -0.508 e. The zero-order chi connectivity index (χ0) is 23.4. The predicted molar refractivity (Wildman–Crippen MR) is 132 cm³/mol. The van der Waals surface area contributed by atoms with E-state index in [9.17, 15) is 9.90 Å². The molecule has 0 aliphatic carbocycles. The van der Waals surface area contributed by atoms with Crippen molar-refractivity contribution in [3.05, 3.63) is 88.4 Å². The molecule has 0 spiro atoms. The van der Waals surface area contributed by atoms with Crippen LogP contribution in [0.3, 0.4) is 0 Å². The first-order chi connectivity index (χ1) is 16.0. The molecule has 0 aliphatic rings.